The van der Waals surface area contributed by atoms with Crippen LogP contribution in [0.2, 0.25) is 0 Å². The van der Waals surface area contributed by atoms with Crippen molar-refractivity contribution < 1.29 is 13.3 Å². The molecule has 0 bridgehead atoms. The molecule has 1 aromatic carbocycles. The summed E-state index contributed by atoms with van der Waals surface area (Å²) >= 11 is 0. The Hall–Kier alpha value is -1.96. The average Bonchev–Trinajstić information content (AvgIpc) is 2.53. The lowest BCUT2D eigenvalue weighted by atomic mass is 9.98. The molecular weight excluding hydrogens is 331 g/mol. The Morgan fingerprint density at radius 3 is 2.71 bits per heavy atom. The smallest absolute Gasteiger partial charge is 0.148 e. The van der Waals surface area contributed by atoms with E-state index in [2.05, 4.69) is 14.9 Å². The molecule has 1 N–H and O–H groups in total. The molecule has 130 valence electrons. The van der Waals surface area contributed by atoms with Crippen molar-refractivity contribution in [2.75, 3.05) is 37.1 Å². The lowest BCUT2D eigenvalue weighted by Crippen LogP contribution is -2.36. The number of piperidine rings is 1. The lowest BCUT2D eigenvalue weighted by Gasteiger charge is -2.33. The zero-order valence-corrected chi connectivity index (χ0v) is 14.6. The molecule has 24 heavy (non-hydrogen) atoms. The minimum atomic E-state index is -2.47. The van der Waals surface area contributed by atoms with E-state index in [9.17, 15) is 8.60 Å². The van der Waals surface area contributed by atoms with Gasteiger partial charge >= 0.3 is 0 Å². The maximum Gasteiger partial charge on any atom is 0.148 e. The topological polar surface area (TPSA) is 79.2 Å². The molecule has 0 radical (unpaired) electrons. The summed E-state index contributed by atoms with van der Waals surface area (Å²) in [7, 11) is -0.975. The van der Waals surface area contributed by atoms with E-state index in [0.717, 1.165) is 25.9 Å². The molecule has 0 spiro atoms. The first-order valence-corrected chi connectivity index (χ1v) is 9.95. The van der Waals surface area contributed by atoms with E-state index in [-0.39, 0.29) is 11.7 Å². The molecule has 2 aromatic rings. The number of fused-ring (bicyclic) bond motifs is 1. The number of nitrogens with one attached hydrogen (secondary N) is 1. The number of ether oxygens (including phenoxy) is 1. The number of nitrogens with zero attached hydrogens (tertiary/aromatic N) is 3. The van der Waals surface area contributed by atoms with Gasteiger partial charge in [0.15, 0.2) is 0 Å². The molecule has 1 saturated heterocycles. The summed E-state index contributed by atoms with van der Waals surface area (Å²) in [5, 5.41) is 0.632. The highest BCUT2D eigenvalue weighted by atomic mass is 32.2. The molecule has 1 aromatic heterocycles. The fraction of sp³-hybridized carbons (Fsp3) is 0.500. The fourth-order valence-corrected chi connectivity index (χ4v) is 4.49. The first-order chi connectivity index (χ1) is 11.4. The number of methoxy groups -OCH3 is 1. The molecular formula is C16H21FN4O2S. The van der Waals surface area contributed by atoms with Crippen molar-refractivity contribution in [1.29, 1.82) is 4.78 Å². The van der Waals surface area contributed by atoms with Gasteiger partial charge in [-0.3, -0.25) is 8.99 Å². The van der Waals surface area contributed by atoms with Gasteiger partial charge in [-0.2, -0.15) is 0 Å². The van der Waals surface area contributed by atoms with Gasteiger partial charge in [0.05, 0.1) is 7.11 Å². The molecule has 3 rings (SSSR count). The first-order valence-electron chi connectivity index (χ1n) is 7.82. The van der Waals surface area contributed by atoms with Gasteiger partial charge in [-0.15, -0.1) is 0 Å². The van der Waals surface area contributed by atoms with Gasteiger partial charge in [0.2, 0.25) is 0 Å². The Balaban J connectivity index is 1.87. The monoisotopic (exact) mass is 352 g/mol. The van der Waals surface area contributed by atoms with Crippen LogP contribution in [0.3, 0.4) is 0 Å². The maximum atomic E-state index is 13.9. The summed E-state index contributed by atoms with van der Waals surface area (Å²) in [6, 6.07) is 2.75. The Morgan fingerprint density at radius 2 is 2.08 bits per heavy atom. The second kappa shape index (κ2) is 6.51. The van der Waals surface area contributed by atoms with E-state index in [4.69, 9.17) is 9.52 Å². The standard InChI is InChI=1S/C16H21FN4O2S/c1-23-14-8-12(17)7-13-15(14)19-10-20-16(13)21-5-3-11(4-6-21)9-24(2,18)22/h7-8,10-11,18H,3-6,9H2,1-2H3/t24-/m0/s1. The number of halogens is 1. The minimum absolute atomic E-state index is 0.288. The lowest BCUT2D eigenvalue weighted by molar-refractivity contribution is 0.415. The van der Waals surface area contributed by atoms with Crippen LogP contribution in [0, 0.1) is 16.5 Å². The van der Waals surface area contributed by atoms with Crippen LogP contribution in [0.15, 0.2) is 18.5 Å². The Kier molecular flexibility index (Phi) is 4.58. The van der Waals surface area contributed by atoms with Crippen LogP contribution in [-0.4, -0.2) is 46.4 Å². The third-order valence-corrected chi connectivity index (χ3v) is 5.44. The average molecular weight is 352 g/mol. The zero-order valence-electron chi connectivity index (χ0n) is 13.8. The molecule has 8 heteroatoms. The van der Waals surface area contributed by atoms with Gasteiger partial charge in [-0.05, 0) is 24.8 Å². The van der Waals surface area contributed by atoms with Crippen LogP contribution in [0.25, 0.3) is 10.9 Å². The normalized spacial score (nSPS) is 18.5. The van der Waals surface area contributed by atoms with Crippen molar-refractivity contribution >= 4 is 26.4 Å². The molecule has 0 amide bonds. The number of anilines is 1. The second-order valence-corrected chi connectivity index (χ2v) is 8.65. The van der Waals surface area contributed by atoms with Crippen LogP contribution >= 0.6 is 0 Å². The summed E-state index contributed by atoms with van der Waals surface area (Å²) in [6.45, 7) is 1.48. The number of aromatic nitrogens is 2. The Morgan fingerprint density at radius 1 is 1.38 bits per heavy atom. The van der Waals surface area contributed by atoms with Crippen LogP contribution in [0.5, 0.6) is 5.75 Å². The van der Waals surface area contributed by atoms with Gasteiger partial charge in [-0.1, -0.05) is 0 Å². The minimum Gasteiger partial charge on any atom is -0.494 e. The highest BCUT2D eigenvalue weighted by Crippen LogP contribution is 2.32. The van der Waals surface area contributed by atoms with Crippen LogP contribution in [-0.2, 0) is 9.73 Å². The van der Waals surface area contributed by atoms with E-state index in [1.807, 2.05) is 0 Å². The molecule has 1 aliphatic heterocycles. The van der Waals surface area contributed by atoms with Gasteiger partial charge in [0, 0.05) is 46.3 Å². The highest BCUT2D eigenvalue weighted by molar-refractivity contribution is 7.91. The summed E-state index contributed by atoms with van der Waals surface area (Å²) in [5.74, 6) is 1.43. The largest absolute Gasteiger partial charge is 0.494 e. The van der Waals surface area contributed by atoms with Gasteiger partial charge in [0.1, 0.15) is 29.2 Å². The summed E-state index contributed by atoms with van der Waals surface area (Å²) < 4.78 is 38.4. The van der Waals surface area contributed by atoms with E-state index in [1.165, 1.54) is 31.8 Å². The fourth-order valence-electron chi connectivity index (χ4n) is 3.26. The molecule has 0 saturated carbocycles. The third kappa shape index (κ3) is 3.58. The number of hydrogen-bond donors (Lipinski definition) is 1. The van der Waals surface area contributed by atoms with Gasteiger partial charge in [-0.25, -0.2) is 14.4 Å². The third-order valence-electron chi connectivity index (χ3n) is 4.34. The molecule has 6 nitrogen and oxygen atoms in total. The zero-order chi connectivity index (χ0) is 17.3. The number of rotatable bonds is 4. The van der Waals surface area contributed by atoms with Crippen LogP contribution < -0.4 is 9.64 Å². The molecule has 0 unspecified atom stereocenters. The summed E-state index contributed by atoms with van der Waals surface area (Å²) in [6.07, 6.45) is 4.66. The van der Waals surface area contributed by atoms with Gasteiger partial charge < -0.3 is 9.64 Å². The number of benzene rings is 1. The highest BCUT2D eigenvalue weighted by Gasteiger charge is 2.24. The maximum absolute atomic E-state index is 13.9. The summed E-state index contributed by atoms with van der Waals surface area (Å²) in [4.78, 5) is 10.7. The Bertz CT molecular complexity index is 849. The molecule has 1 atom stereocenters. The molecule has 0 aliphatic carbocycles. The number of hydrogen-bond acceptors (Lipinski definition) is 6. The van der Waals surface area contributed by atoms with Crippen molar-refractivity contribution in [3.05, 3.63) is 24.3 Å². The van der Waals surface area contributed by atoms with Crippen molar-refractivity contribution in [3.8, 4) is 5.75 Å². The molecule has 1 fully saturated rings. The second-order valence-electron chi connectivity index (χ2n) is 6.30. The SMILES string of the molecule is COc1cc(F)cc2c(N3CCC(C[S@@](C)(=N)=O)CC3)ncnc12. The first kappa shape index (κ1) is 16.9. The van der Waals surface area contributed by atoms with Gasteiger partial charge in [0.25, 0.3) is 0 Å². The predicted molar refractivity (Wildman–Crippen MR) is 92.6 cm³/mol. The summed E-state index contributed by atoms with van der Waals surface area (Å²) in [5.41, 5.74) is 0.591. The molecule has 1 aliphatic rings. The molecule has 2 heterocycles. The Labute approximate surface area is 141 Å². The van der Waals surface area contributed by atoms with E-state index < -0.39 is 9.73 Å². The van der Waals surface area contributed by atoms with E-state index in [1.54, 1.807) is 0 Å². The van der Waals surface area contributed by atoms with Crippen LogP contribution in [0.1, 0.15) is 12.8 Å². The van der Waals surface area contributed by atoms with Crippen molar-refractivity contribution in [2.24, 2.45) is 5.92 Å². The van der Waals surface area contributed by atoms with Crippen LogP contribution in [0.4, 0.5) is 10.2 Å². The van der Waals surface area contributed by atoms with E-state index >= 15 is 0 Å². The van der Waals surface area contributed by atoms with Crippen molar-refractivity contribution in [3.63, 3.8) is 0 Å². The quantitative estimate of drug-likeness (QED) is 0.915. The van der Waals surface area contributed by atoms with E-state index in [0.29, 0.717) is 28.2 Å². The van der Waals surface area contributed by atoms with Crippen molar-refractivity contribution in [1.82, 2.24) is 9.97 Å². The predicted octanol–water partition coefficient (Wildman–Crippen LogP) is 2.67. The van der Waals surface area contributed by atoms with Crippen molar-refractivity contribution in [2.45, 2.75) is 12.8 Å².